The highest BCUT2D eigenvalue weighted by atomic mass is 32.2. The molecule has 2 radical (unpaired) electrons. The summed E-state index contributed by atoms with van der Waals surface area (Å²) in [6.07, 6.45) is 0. The number of nitrogens with zero attached hydrogens (tertiary/aromatic N) is 1. The number of carbonyl (C=O) groups excluding carboxylic acids is 1. The van der Waals surface area contributed by atoms with Crippen LogP contribution in [-0.2, 0) is 4.79 Å². The average molecular weight is 286 g/mol. The number of rotatable bonds is 5. The van der Waals surface area contributed by atoms with E-state index in [-0.39, 0.29) is 5.75 Å². The third-order valence-electron chi connectivity index (χ3n) is 2.59. The fraction of sp³-hybridized carbons (Fsp3) is 0.154. The average Bonchev–Trinajstić information content (AvgIpc) is 2.42. The number of hydrogen-bond donors (Lipinski definition) is 2. The maximum Gasteiger partial charge on any atom is 0.327 e. The lowest BCUT2D eigenvalue weighted by Crippen LogP contribution is -2.42. The van der Waals surface area contributed by atoms with Crippen LogP contribution in [-0.4, -0.2) is 41.5 Å². The molecule has 7 heteroatoms. The molecule has 1 amide bonds. The molecule has 1 aromatic carbocycles. The van der Waals surface area contributed by atoms with Crippen molar-refractivity contribution in [2.45, 2.75) is 11.1 Å². The van der Waals surface area contributed by atoms with Gasteiger partial charge in [-0.05, 0) is 12.1 Å². The van der Waals surface area contributed by atoms with Gasteiger partial charge < -0.3 is 10.4 Å². The molecule has 1 aromatic heterocycles. The summed E-state index contributed by atoms with van der Waals surface area (Å²) in [7, 11) is 4.94. The molecule has 0 aliphatic heterocycles. The number of pyridine rings is 1. The quantitative estimate of drug-likeness (QED) is 0.645. The van der Waals surface area contributed by atoms with E-state index in [4.69, 9.17) is 13.0 Å². The number of thioether (sulfide) groups is 1. The molecule has 0 saturated heterocycles. The third kappa shape index (κ3) is 3.74. The number of aliphatic carboxylic acids is 1. The van der Waals surface area contributed by atoms with Crippen molar-refractivity contribution in [1.82, 2.24) is 10.3 Å². The van der Waals surface area contributed by atoms with Gasteiger partial charge in [0, 0.05) is 11.1 Å². The van der Waals surface area contributed by atoms with Crippen molar-refractivity contribution in [3.63, 3.8) is 0 Å². The Morgan fingerprint density at radius 1 is 1.30 bits per heavy atom. The van der Waals surface area contributed by atoms with Crippen molar-refractivity contribution < 1.29 is 14.7 Å². The maximum atomic E-state index is 11.0. The molecule has 1 heterocycles. The van der Waals surface area contributed by atoms with Crippen molar-refractivity contribution in [2.24, 2.45) is 0 Å². The smallest absolute Gasteiger partial charge is 0.327 e. The summed E-state index contributed by atoms with van der Waals surface area (Å²) in [6.45, 7) is 0. The summed E-state index contributed by atoms with van der Waals surface area (Å²) < 4.78 is 0. The van der Waals surface area contributed by atoms with E-state index in [2.05, 4.69) is 10.3 Å². The van der Waals surface area contributed by atoms with Crippen LogP contribution >= 0.6 is 11.8 Å². The van der Waals surface area contributed by atoms with Crippen molar-refractivity contribution in [3.05, 3.63) is 36.4 Å². The Labute approximate surface area is 121 Å². The van der Waals surface area contributed by atoms with Gasteiger partial charge in [0.1, 0.15) is 6.04 Å². The van der Waals surface area contributed by atoms with Gasteiger partial charge in [-0.25, -0.2) is 9.78 Å². The molecule has 0 spiro atoms. The molecule has 0 aliphatic rings. The Morgan fingerprint density at radius 3 is 2.75 bits per heavy atom. The van der Waals surface area contributed by atoms with Crippen molar-refractivity contribution in [1.29, 1.82) is 0 Å². The predicted molar refractivity (Wildman–Crippen MR) is 78.2 cm³/mol. The van der Waals surface area contributed by atoms with Crippen LogP contribution in [0.15, 0.2) is 41.4 Å². The van der Waals surface area contributed by atoms with Gasteiger partial charge in [0.2, 0.25) is 7.85 Å². The van der Waals surface area contributed by atoms with Gasteiger partial charge in [-0.2, -0.15) is 0 Å². The zero-order valence-corrected chi connectivity index (χ0v) is 11.3. The van der Waals surface area contributed by atoms with E-state index in [0.29, 0.717) is 5.03 Å². The molecule has 2 N–H and O–H groups in total. The highest BCUT2D eigenvalue weighted by molar-refractivity contribution is 7.99. The topological polar surface area (TPSA) is 79.3 Å². The minimum absolute atomic E-state index is 0.156. The van der Waals surface area contributed by atoms with Crippen molar-refractivity contribution >= 4 is 42.3 Å². The second-order valence-corrected chi connectivity index (χ2v) is 5.09. The highest BCUT2D eigenvalue weighted by Crippen LogP contribution is 2.20. The molecule has 2 rings (SSSR count). The number of nitrogens with one attached hydrogen (secondary N) is 1. The number of fused-ring (bicyclic) bond motifs is 1. The van der Waals surface area contributed by atoms with Crippen LogP contribution in [0.1, 0.15) is 0 Å². The molecular weight excluding hydrogens is 275 g/mol. The van der Waals surface area contributed by atoms with Gasteiger partial charge in [0.25, 0.3) is 0 Å². The first-order valence-electron chi connectivity index (χ1n) is 5.83. The van der Waals surface area contributed by atoms with Crippen LogP contribution in [0.3, 0.4) is 0 Å². The molecule has 0 saturated carbocycles. The second-order valence-electron chi connectivity index (χ2n) is 4.05. The summed E-state index contributed by atoms with van der Waals surface area (Å²) in [4.78, 5) is 26.1. The first kappa shape index (κ1) is 14.4. The molecule has 1 atom stereocenters. The fourth-order valence-corrected chi connectivity index (χ4v) is 2.53. The first-order valence-corrected chi connectivity index (χ1v) is 6.82. The van der Waals surface area contributed by atoms with Gasteiger partial charge >= 0.3 is 5.97 Å². The summed E-state index contributed by atoms with van der Waals surface area (Å²) in [5.41, 5.74) is 0.840. The molecular formula is C13H11BN2O3S. The Bertz CT molecular complexity index is 650. The van der Waals surface area contributed by atoms with Crippen LogP contribution in [0.25, 0.3) is 10.9 Å². The Morgan fingerprint density at radius 2 is 2.05 bits per heavy atom. The molecule has 20 heavy (non-hydrogen) atoms. The Balaban J connectivity index is 2.07. The molecule has 100 valence electrons. The number of carbonyl (C=O) groups is 2. The van der Waals surface area contributed by atoms with Gasteiger partial charge in [-0.15, -0.1) is 11.8 Å². The van der Waals surface area contributed by atoms with Gasteiger partial charge in [0.15, 0.2) is 5.81 Å². The molecule has 0 bridgehead atoms. The monoisotopic (exact) mass is 286 g/mol. The van der Waals surface area contributed by atoms with Crippen LogP contribution in [0.2, 0.25) is 0 Å². The van der Waals surface area contributed by atoms with Crippen LogP contribution < -0.4 is 5.32 Å². The normalized spacial score (nSPS) is 12.0. The Hall–Kier alpha value is -2.02. The van der Waals surface area contributed by atoms with Gasteiger partial charge in [-0.1, -0.05) is 24.3 Å². The zero-order chi connectivity index (χ0) is 14.5. The SMILES string of the molecule is [B]C(=O)NC(CSc1ccc2ccccc2n1)C(=O)O. The van der Waals surface area contributed by atoms with E-state index < -0.39 is 17.8 Å². The summed E-state index contributed by atoms with van der Waals surface area (Å²) in [5, 5.41) is 12.9. The predicted octanol–water partition coefficient (Wildman–Crippen LogP) is 1.66. The Kier molecular flexibility index (Phi) is 4.63. The van der Waals surface area contributed by atoms with Crippen LogP contribution in [0.5, 0.6) is 0 Å². The van der Waals surface area contributed by atoms with E-state index in [0.717, 1.165) is 10.9 Å². The van der Waals surface area contributed by atoms with E-state index in [9.17, 15) is 9.59 Å². The molecule has 5 nitrogen and oxygen atoms in total. The van der Waals surface area contributed by atoms with Crippen molar-refractivity contribution in [2.75, 3.05) is 5.75 Å². The number of hydrogen-bond acceptors (Lipinski definition) is 4. The largest absolute Gasteiger partial charge is 0.480 e. The second kappa shape index (κ2) is 6.43. The minimum atomic E-state index is -1.13. The highest BCUT2D eigenvalue weighted by Gasteiger charge is 2.18. The molecule has 2 aromatic rings. The standard InChI is InChI=1S/C13H11BN2O3S/c14-13(19)16-10(12(17)18)7-20-11-6-5-8-3-1-2-4-9(8)15-11/h1-6,10H,7H2,(H,16,19)(H,17,18). The van der Waals surface area contributed by atoms with Gasteiger partial charge in [-0.3, -0.25) is 4.79 Å². The van der Waals surface area contributed by atoms with E-state index >= 15 is 0 Å². The lowest BCUT2D eigenvalue weighted by atomic mass is 10.1. The number of benzene rings is 1. The number of para-hydroxylation sites is 1. The zero-order valence-electron chi connectivity index (χ0n) is 10.4. The molecule has 1 unspecified atom stereocenters. The number of aromatic nitrogens is 1. The fourth-order valence-electron chi connectivity index (χ4n) is 1.64. The molecule has 0 fully saturated rings. The first-order chi connectivity index (χ1) is 9.56. The van der Waals surface area contributed by atoms with Crippen molar-refractivity contribution in [3.8, 4) is 0 Å². The lowest BCUT2D eigenvalue weighted by Gasteiger charge is -2.12. The summed E-state index contributed by atoms with van der Waals surface area (Å²) in [5.74, 6) is -1.83. The number of amides is 1. The van der Waals surface area contributed by atoms with Crippen LogP contribution in [0, 0.1) is 0 Å². The minimum Gasteiger partial charge on any atom is -0.480 e. The van der Waals surface area contributed by atoms with Crippen LogP contribution in [0.4, 0.5) is 4.79 Å². The van der Waals surface area contributed by atoms with E-state index in [1.165, 1.54) is 11.8 Å². The number of carboxylic acids is 1. The number of carboxylic acid groups (broad SMARTS) is 1. The van der Waals surface area contributed by atoms with E-state index in [1.807, 2.05) is 36.4 Å². The van der Waals surface area contributed by atoms with Gasteiger partial charge in [0.05, 0.1) is 10.5 Å². The van der Waals surface area contributed by atoms with E-state index in [1.54, 1.807) is 0 Å². The maximum absolute atomic E-state index is 11.0. The third-order valence-corrected chi connectivity index (χ3v) is 3.61. The summed E-state index contributed by atoms with van der Waals surface area (Å²) >= 11 is 1.25. The molecule has 0 aliphatic carbocycles. The lowest BCUT2D eigenvalue weighted by molar-refractivity contribution is -0.138. The summed E-state index contributed by atoms with van der Waals surface area (Å²) in [6, 6.07) is 10.3.